The molecule has 2 aromatic carbocycles. The maximum absolute atomic E-state index is 12.1. The molecule has 20 heavy (non-hydrogen) atoms. The second-order valence-electron chi connectivity index (χ2n) is 4.26. The first-order valence-electron chi connectivity index (χ1n) is 6.04. The van der Waals surface area contributed by atoms with Crippen molar-refractivity contribution in [1.82, 2.24) is 5.32 Å². The minimum absolute atomic E-state index is 0.0654. The van der Waals surface area contributed by atoms with Crippen LogP contribution in [0, 0.1) is 3.57 Å². The van der Waals surface area contributed by atoms with Crippen LogP contribution in [-0.4, -0.2) is 12.5 Å². The fraction of sp³-hybridized carbons (Fsp3) is 0.133. The molecule has 0 spiro atoms. The van der Waals surface area contributed by atoms with Crippen LogP contribution in [0.2, 0.25) is 5.02 Å². The van der Waals surface area contributed by atoms with Crippen molar-refractivity contribution in [3.63, 3.8) is 0 Å². The van der Waals surface area contributed by atoms with Gasteiger partial charge in [-0.25, -0.2) is 0 Å². The number of hydrogen-bond donors (Lipinski definition) is 1. The summed E-state index contributed by atoms with van der Waals surface area (Å²) in [7, 11) is 0. The monoisotopic (exact) mass is 463 g/mol. The van der Waals surface area contributed by atoms with Gasteiger partial charge in [-0.3, -0.25) is 4.79 Å². The first-order valence-corrected chi connectivity index (χ1v) is 8.29. The first kappa shape index (κ1) is 15.8. The van der Waals surface area contributed by atoms with E-state index in [2.05, 4.69) is 43.8 Å². The standard InChI is InChI=1S/C15H12BrClINO/c16-14-6-5-12(18)9-13(14)15(20)19-8-7-10-1-3-11(17)4-2-10/h1-6,9H,7-8H2,(H,19,20). The number of benzene rings is 2. The summed E-state index contributed by atoms with van der Waals surface area (Å²) in [6, 6.07) is 13.3. The van der Waals surface area contributed by atoms with Gasteiger partial charge in [0, 0.05) is 19.6 Å². The Bertz CT molecular complexity index is 616. The van der Waals surface area contributed by atoms with Gasteiger partial charge in [0.1, 0.15) is 0 Å². The van der Waals surface area contributed by atoms with Gasteiger partial charge in [0.05, 0.1) is 5.56 Å². The minimum Gasteiger partial charge on any atom is -0.352 e. The summed E-state index contributed by atoms with van der Waals surface area (Å²) >= 11 is 11.4. The minimum atomic E-state index is -0.0654. The second-order valence-corrected chi connectivity index (χ2v) is 6.79. The molecule has 0 fully saturated rings. The van der Waals surface area contributed by atoms with Crippen LogP contribution in [0.5, 0.6) is 0 Å². The third-order valence-corrected chi connectivity index (χ3v) is 4.40. The van der Waals surface area contributed by atoms with Crippen LogP contribution >= 0.6 is 50.1 Å². The highest BCUT2D eigenvalue weighted by Gasteiger charge is 2.09. The van der Waals surface area contributed by atoms with Gasteiger partial charge in [-0.2, -0.15) is 0 Å². The van der Waals surface area contributed by atoms with E-state index in [1.54, 1.807) is 0 Å². The number of amides is 1. The lowest BCUT2D eigenvalue weighted by Gasteiger charge is -2.07. The number of hydrogen-bond acceptors (Lipinski definition) is 1. The fourth-order valence-electron chi connectivity index (χ4n) is 1.74. The van der Waals surface area contributed by atoms with Gasteiger partial charge in [0.25, 0.3) is 5.91 Å². The normalized spacial score (nSPS) is 10.3. The van der Waals surface area contributed by atoms with Gasteiger partial charge in [-0.1, -0.05) is 23.7 Å². The molecule has 0 saturated heterocycles. The van der Waals surface area contributed by atoms with Crippen LogP contribution in [0.3, 0.4) is 0 Å². The van der Waals surface area contributed by atoms with Crippen molar-refractivity contribution in [2.24, 2.45) is 0 Å². The molecule has 0 bridgehead atoms. The molecule has 0 heterocycles. The molecule has 2 aromatic rings. The summed E-state index contributed by atoms with van der Waals surface area (Å²) in [5, 5.41) is 3.65. The van der Waals surface area contributed by atoms with E-state index in [0.29, 0.717) is 12.1 Å². The molecular formula is C15H12BrClINO. The molecule has 0 unspecified atom stereocenters. The molecule has 104 valence electrons. The van der Waals surface area contributed by atoms with E-state index in [9.17, 15) is 4.79 Å². The zero-order chi connectivity index (χ0) is 14.5. The second kappa shape index (κ2) is 7.43. The third kappa shape index (κ3) is 4.46. The molecule has 0 aliphatic heterocycles. The molecule has 0 saturated carbocycles. The van der Waals surface area contributed by atoms with Gasteiger partial charge in [0.15, 0.2) is 0 Å². The molecule has 0 aromatic heterocycles. The summed E-state index contributed by atoms with van der Waals surface area (Å²) in [4.78, 5) is 12.1. The summed E-state index contributed by atoms with van der Waals surface area (Å²) in [5.74, 6) is -0.0654. The van der Waals surface area contributed by atoms with E-state index in [4.69, 9.17) is 11.6 Å². The van der Waals surface area contributed by atoms with Crippen LogP contribution in [0.1, 0.15) is 15.9 Å². The van der Waals surface area contributed by atoms with Crippen molar-refractivity contribution >= 4 is 56.0 Å². The van der Waals surface area contributed by atoms with Crippen LogP contribution < -0.4 is 5.32 Å². The SMILES string of the molecule is O=C(NCCc1ccc(Cl)cc1)c1cc(I)ccc1Br. The van der Waals surface area contributed by atoms with Gasteiger partial charge < -0.3 is 5.32 Å². The van der Waals surface area contributed by atoms with Gasteiger partial charge in [-0.05, 0) is 80.8 Å². The lowest BCUT2D eigenvalue weighted by atomic mass is 10.1. The van der Waals surface area contributed by atoms with E-state index >= 15 is 0 Å². The third-order valence-electron chi connectivity index (χ3n) is 2.79. The number of carbonyl (C=O) groups is 1. The van der Waals surface area contributed by atoms with Crippen LogP contribution in [0.15, 0.2) is 46.9 Å². The number of rotatable bonds is 4. The number of nitrogens with one attached hydrogen (secondary N) is 1. The van der Waals surface area contributed by atoms with E-state index in [1.165, 1.54) is 0 Å². The Kier molecular flexibility index (Phi) is 5.86. The molecule has 5 heteroatoms. The highest BCUT2D eigenvalue weighted by atomic mass is 127. The predicted molar refractivity (Wildman–Crippen MR) is 94.3 cm³/mol. The maximum atomic E-state index is 12.1. The van der Waals surface area contributed by atoms with Crippen LogP contribution in [0.25, 0.3) is 0 Å². The van der Waals surface area contributed by atoms with Crippen molar-refractivity contribution in [2.45, 2.75) is 6.42 Å². The molecule has 0 aliphatic carbocycles. The van der Waals surface area contributed by atoms with E-state index in [1.807, 2.05) is 42.5 Å². The Morgan fingerprint density at radius 1 is 1.20 bits per heavy atom. The number of halogens is 3. The Labute approximate surface area is 145 Å². The molecule has 2 rings (SSSR count). The Hall–Kier alpha value is -0.590. The fourth-order valence-corrected chi connectivity index (χ4v) is 2.78. The summed E-state index contributed by atoms with van der Waals surface area (Å²) in [5.41, 5.74) is 1.81. The summed E-state index contributed by atoms with van der Waals surface area (Å²) in [6.45, 7) is 0.596. The quantitative estimate of drug-likeness (QED) is 0.655. The van der Waals surface area contributed by atoms with E-state index in [-0.39, 0.29) is 5.91 Å². The summed E-state index contributed by atoms with van der Waals surface area (Å²) in [6.07, 6.45) is 0.782. The average Bonchev–Trinajstić information content (AvgIpc) is 2.43. The lowest BCUT2D eigenvalue weighted by Crippen LogP contribution is -2.26. The smallest absolute Gasteiger partial charge is 0.252 e. The molecule has 0 radical (unpaired) electrons. The van der Waals surface area contributed by atoms with Crippen molar-refractivity contribution in [2.75, 3.05) is 6.54 Å². The van der Waals surface area contributed by atoms with Crippen molar-refractivity contribution < 1.29 is 4.79 Å². The summed E-state index contributed by atoms with van der Waals surface area (Å²) < 4.78 is 1.84. The molecular weight excluding hydrogens is 452 g/mol. The topological polar surface area (TPSA) is 29.1 Å². The van der Waals surface area contributed by atoms with E-state index < -0.39 is 0 Å². The molecule has 0 aliphatic rings. The van der Waals surface area contributed by atoms with Gasteiger partial charge in [0.2, 0.25) is 0 Å². The molecule has 1 N–H and O–H groups in total. The highest BCUT2D eigenvalue weighted by molar-refractivity contribution is 14.1. The molecule has 2 nitrogen and oxygen atoms in total. The van der Waals surface area contributed by atoms with Gasteiger partial charge in [-0.15, -0.1) is 0 Å². The Balaban J connectivity index is 1.92. The largest absolute Gasteiger partial charge is 0.352 e. The number of carbonyl (C=O) groups excluding carboxylic acids is 1. The maximum Gasteiger partial charge on any atom is 0.252 e. The Morgan fingerprint density at radius 2 is 1.90 bits per heavy atom. The first-order chi connectivity index (χ1) is 9.56. The van der Waals surface area contributed by atoms with Crippen LogP contribution in [0.4, 0.5) is 0 Å². The molecule has 0 atom stereocenters. The zero-order valence-corrected chi connectivity index (χ0v) is 15.0. The predicted octanol–water partition coefficient (Wildman–Crippen LogP) is 4.68. The lowest BCUT2D eigenvalue weighted by molar-refractivity contribution is 0.0953. The zero-order valence-electron chi connectivity index (χ0n) is 10.5. The van der Waals surface area contributed by atoms with Crippen LogP contribution in [-0.2, 0) is 6.42 Å². The van der Waals surface area contributed by atoms with Crippen molar-refractivity contribution in [1.29, 1.82) is 0 Å². The van der Waals surface area contributed by atoms with Crippen molar-refractivity contribution in [3.8, 4) is 0 Å². The molecule has 1 amide bonds. The van der Waals surface area contributed by atoms with E-state index in [0.717, 1.165) is 25.0 Å². The Morgan fingerprint density at radius 3 is 2.60 bits per heavy atom. The van der Waals surface area contributed by atoms with Crippen molar-refractivity contribution in [3.05, 3.63) is 66.7 Å². The highest BCUT2D eigenvalue weighted by Crippen LogP contribution is 2.19. The van der Waals surface area contributed by atoms with Gasteiger partial charge >= 0.3 is 0 Å². The average molecular weight is 465 g/mol.